The Bertz CT molecular complexity index is 584. The number of hydrogen-bond acceptors (Lipinski definition) is 3. The summed E-state index contributed by atoms with van der Waals surface area (Å²) in [5.74, 6) is -0.397. The number of hydrogen-bond donors (Lipinski definition) is 1. The first kappa shape index (κ1) is 11.8. The van der Waals surface area contributed by atoms with Crippen LogP contribution < -0.4 is 10.2 Å². The molecule has 1 unspecified atom stereocenters. The molecule has 0 spiro atoms. The van der Waals surface area contributed by atoms with Crippen molar-refractivity contribution in [1.29, 1.82) is 0 Å². The van der Waals surface area contributed by atoms with Crippen molar-refractivity contribution in [1.82, 2.24) is 5.32 Å². The molecule has 1 atom stereocenters. The van der Waals surface area contributed by atoms with E-state index in [2.05, 4.69) is 17.1 Å². The van der Waals surface area contributed by atoms with Crippen molar-refractivity contribution >= 4 is 28.3 Å². The van der Waals surface area contributed by atoms with E-state index in [4.69, 9.17) is 16.0 Å². The predicted molar refractivity (Wildman–Crippen MR) is 70.9 cm³/mol. The lowest BCUT2D eigenvalue weighted by Crippen LogP contribution is -2.49. The van der Waals surface area contributed by atoms with Crippen molar-refractivity contribution in [3.8, 4) is 0 Å². The van der Waals surface area contributed by atoms with E-state index in [0.717, 1.165) is 25.0 Å². The molecule has 0 radical (unpaired) electrons. The second-order valence-corrected chi connectivity index (χ2v) is 5.04. The van der Waals surface area contributed by atoms with Crippen molar-refractivity contribution in [3.05, 3.63) is 29.2 Å². The average molecular weight is 269 g/mol. The minimum absolute atomic E-state index is 0.145. The van der Waals surface area contributed by atoms with Gasteiger partial charge in [-0.1, -0.05) is 11.6 Å². The van der Waals surface area contributed by atoms with Gasteiger partial charge < -0.3 is 14.6 Å². The maximum Gasteiger partial charge on any atom is 0.158 e. The topological polar surface area (TPSA) is 28.4 Å². The quantitative estimate of drug-likeness (QED) is 0.862. The van der Waals surface area contributed by atoms with Crippen molar-refractivity contribution in [3.63, 3.8) is 0 Å². The molecule has 1 aromatic carbocycles. The van der Waals surface area contributed by atoms with E-state index < -0.39 is 5.82 Å². The number of nitrogens with zero attached hydrogens (tertiary/aromatic N) is 1. The van der Waals surface area contributed by atoms with E-state index in [1.165, 1.54) is 6.07 Å². The summed E-state index contributed by atoms with van der Waals surface area (Å²) in [6.45, 7) is 4.54. The highest BCUT2D eigenvalue weighted by atomic mass is 35.5. The van der Waals surface area contributed by atoms with Crippen molar-refractivity contribution in [2.75, 3.05) is 24.5 Å². The molecule has 18 heavy (non-hydrogen) atoms. The zero-order valence-electron chi connectivity index (χ0n) is 10.0. The van der Waals surface area contributed by atoms with Crippen molar-refractivity contribution < 1.29 is 8.81 Å². The van der Waals surface area contributed by atoms with E-state index in [9.17, 15) is 4.39 Å². The first-order valence-corrected chi connectivity index (χ1v) is 6.38. The van der Waals surface area contributed by atoms with Gasteiger partial charge >= 0.3 is 0 Å². The van der Waals surface area contributed by atoms with Crippen LogP contribution in [0, 0.1) is 5.82 Å². The summed E-state index contributed by atoms with van der Waals surface area (Å²) >= 11 is 6.11. The molecular formula is C13H14ClFN2O. The minimum atomic E-state index is -0.397. The molecule has 1 saturated heterocycles. The van der Waals surface area contributed by atoms with Gasteiger partial charge in [-0.25, -0.2) is 4.39 Å². The molecule has 0 saturated carbocycles. The molecular weight excluding hydrogens is 255 g/mol. The molecule has 96 valence electrons. The summed E-state index contributed by atoms with van der Waals surface area (Å²) in [5.41, 5.74) is 1.33. The molecule has 1 aliphatic rings. The molecule has 2 aromatic rings. The number of halogens is 2. The zero-order chi connectivity index (χ0) is 12.7. The molecule has 3 nitrogen and oxygen atoms in total. The Morgan fingerprint density at radius 2 is 2.39 bits per heavy atom. The van der Waals surface area contributed by atoms with Crippen LogP contribution in [0.5, 0.6) is 0 Å². The lowest BCUT2D eigenvalue weighted by atomic mass is 10.1. The van der Waals surface area contributed by atoms with Crippen LogP contribution in [0.3, 0.4) is 0 Å². The Kier molecular flexibility index (Phi) is 2.92. The molecule has 0 amide bonds. The Labute approximate surface area is 110 Å². The number of furan rings is 1. The average Bonchev–Trinajstić information content (AvgIpc) is 2.78. The molecule has 5 heteroatoms. The monoisotopic (exact) mass is 268 g/mol. The van der Waals surface area contributed by atoms with Gasteiger partial charge in [0, 0.05) is 31.1 Å². The second-order valence-electron chi connectivity index (χ2n) is 4.66. The lowest BCUT2D eigenvalue weighted by Gasteiger charge is -2.34. The Morgan fingerprint density at radius 1 is 1.56 bits per heavy atom. The van der Waals surface area contributed by atoms with Gasteiger partial charge in [-0.05, 0) is 19.1 Å². The molecule has 1 N–H and O–H groups in total. The smallest absolute Gasteiger partial charge is 0.158 e. The Balaban J connectivity index is 2.14. The molecule has 1 aliphatic heterocycles. The summed E-state index contributed by atoms with van der Waals surface area (Å²) < 4.78 is 19.3. The summed E-state index contributed by atoms with van der Waals surface area (Å²) in [6, 6.07) is 3.52. The zero-order valence-corrected chi connectivity index (χ0v) is 10.8. The van der Waals surface area contributed by atoms with Crippen LogP contribution in [-0.2, 0) is 0 Å². The summed E-state index contributed by atoms with van der Waals surface area (Å²) in [6.07, 6.45) is 1.57. The van der Waals surface area contributed by atoms with Crippen LogP contribution in [-0.4, -0.2) is 25.7 Å². The third-order valence-electron chi connectivity index (χ3n) is 3.30. The molecule has 2 heterocycles. The highest BCUT2D eigenvalue weighted by molar-refractivity contribution is 6.35. The van der Waals surface area contributed by atoms with Crippen LogP contribution in [0.15, 0.2) is 22.8 Å². The van der Waals surface area contributed by atoms with Crippen LogP contribution in [0.1, 0.15) is 6.92 Å². The number of rotatable bonds is 1. The fourth-order valence-electron chi connectivity index (χ4n) is 2.46. The van der Waals surface area contributed by atoms with Gasteiger partial charge in [0.15, 0.2) is 5.58 Å². The SMILES string of the molecule is CC1CN(c2c(Cl)c(F)cc3ccoc23)CCN1. The lowest BCUT2D eigenvalue weighted by molar-refractivity contribution is 0.483. The maximum atomic E-state index is 13.8. The van der Waals surface area contributed by atoms with Crippen molar-refractivity contribution in [2.45, 2.75) is 13.0 Å². The molecule has 1 fully saturated rings. The van der Waals surface area contributed by atoms with E-state index in [1.54, 1.807) is 12.3 Å². The van der Waals surface area contributed by atoms with E-state index in [-0.39, 0.29) is 5.02 Å². The van der Waals surface area contributed by atoms with E-state index in [0.29, 0.717) is 17.3 Å². The van der Waals surface area contributed by atoms with Crippen LogP contribution in [0.4, 0.5) is 10.1 Å². The van der Waals surface area contributed by atoms with Crippen LogP contribution in [0.2, 0.25) is 5.02 Å². The highest BCUT2D eigenvalue weighted by Gasteiger charge is 2.23. The Hall–Kier alpha value is -1.26. The molecule has 0 aliphatic carbocycles. The fourth-order valence-corrected chi connectivity index (χ4v) is 2.72. The number of fused-ring (bicyclic) bond motifs is 1. The molecule has 3 rings (SSSR count). The predicted octanol–water partition coefficient (Wildman–Crippen LogP) is 3.02. The van der Waals surface area contributed by atoms with E-state index >= 15 is 0 Å². The van der Waals surface area contributed by atoms with Gasteiger partial charge in [0.25, 0.3) is 0 Å². The van der Waals surface area contributed by atoms with Gasteiger partial charge in [-0.3, -0.25) is 0 Å². The molecule has 1 aromatic heterocycles. The Morgan fingerprint density at radius 3 is 3.17 bits per heavy atom. The number of piperazine rings is 1. The van der Waals surface area contributed by atoms with Gasteiger partial charge in [-0.2, -0.15) is 0 Å². The number of benzene rings is 1. The minimum Gasteiger partial charge on any atom is -0.462 e. The number of nitrogens with one attached hydrogen (secondary N) is 1. The molecule has 0 bridgehead atoms. The van der Waals surface area contributed by atoms with Gasteiger partial charge in [0.1, 0.15) is 16.5 Å². The summed E-state index contributed by atoms with van der Waals surface area (Å²) in [5, 5.41) is 4.24. The van der Waals surface area contributed by atoms with Gasteiger partial charge in [0.2, 0.25) is 0 Å². The largest absolute Gasteiger partial charge is 0.462 e. The fraction of sp³-hybridized carbons (Fsp3) is 0.385. The third-order valence-corrected chi connectivity index (χ3v) is 3.66. The van der Waals surface area contributed by atoms with E-state index in [1.807, 2.05) is 0 Å². The highest BCUT2D eigenvalue weighted by Crippen LogP contribution is 2.37. The standard InChI is InChI=1S/C13H14ClFN2O/c1-8-7-17(4-3-16-8)12-11(14)10(15)6-9-2-5-18-13(9)12/h2,5-6,8,16H,3-4,7H2,1H3. The van der Waals surface area contributed by atoms with Crippen molar-refractivity contribution in [2.24, 2.45) is 0 Å². The third kappa shape index (κ3) is 1.85. The van der Waals surface area contributed by atoms with Crippen LogP contribution >= 0.6 is 11.6 Å². The first-order chi connectivity index (χ1) is 8.66. The number of anilines is 1. The van der Waals surface area contributed by atoms with Gasteiger partial charge in [-0.15, -0.1) is 0 Å². The summed E-state index contributed by atoms with van der Waals surface area (Å²) in [4.78, 5) is 2.08. The van der Waals surface area contributed by atoms with Crippen LogP contribution in [0.25, 0.3) is 11.0 Å². The maximum absolute atomic E-state index is 13.8. The van der Waals surface area contributed by atoms with Gasteiger partial charge in [0.05, 0.1) is 6.26 Å². The normalized spacial score (nSPS) is 20.6. The second kappa shape index (κ2) is 4.44. The summed E-state index contributed by atoms with van der Waals surface area (Å²) in [7, 11) is 0. The first-order valence-electron chi connectivity index (χ1n) is 6.00.